The van der Waals surface area contributed by atoms with Crippen LogP contribution in [0.2, 0.25) is 0 Å². The standard InChI is InChI=1S/C17H27ClO2S/c1-4-5-6-7-15-10-13(2)17(14(3)11-15)12-16(8-9-18)21(19)20/h10-11,16,21H,4-9,12H2,1-3H3. The van der Waals surface area contributed by atoms with Gasteiger partial charge in [0.2, 0.25) is 0 Å². The lowest BCUT2D eigenvalue weighted by Gasteiger charge is -2.16. The molecule has 0 spiro atoms. The molecule has 4 heteroatoms. The van der Waals surface area contributed by atoms with Crippen LogP contribution in [0.1, 0.15) is 54.9 Å². The van der Waals surface area contributed by atoms with E-state index in [1.54, 1.807) is 0 Å². The lowest BCUT2D eigenvalue weighted by Crippen LogP contribution is -2.16. The third kappa shape index (κ3) is 5.99. The SMILES string of the molecule is CCCCCc1cc(C)c(CC(CCCl)[SH](=O)=O)c(C)c1. The van der Waals surface area contributed by atoms with Crippen LogP contribution in [0.4, 0.5) is 0 Å². The van der Waals surface area contributed by atoms with E-state index < -0.39 is 10.7 Å². The first-order chi connectivity index (χ1) is 9.99. The van der Waals surface area contributed by atoms with Crippen LogP contribution in [-0.4, -0.2) is 19.5 Å². The van der Waals surface area contributed by atoms with Gasteiger partial charge < -0.3 is 0 Å². The first-order valence-corrected chi connectivity index (χ1v) is 9.56. The van der Waals surface area contributed by atoms with E-state index >= 15 is 0 Å². The van der Waals surface area contributed by atoms with Gasteiger partial charge in [-0.15, -0.1) is 11.6 Å². The smallest absolute Gasteiger partial charge is 0.143 e. The zero-order valence-electron chi connectivity index (χ0n) is 13.3. The van der Waals surface area contributed by atoms with Crippen LogP contribution < -0.4 is 0 Å². The predicted molar refractivity (Wildman–Crippen MR) is 92.3 cm³/mol. The molecule has 1 atom stereocenters. The fourth-order valence-corrected chi connectivity index (χ4v) is 3.86. The van der Waals surface area contributed by atoms with Gasteiger partial charge in [0.25, 0.3) is 0 Å². The summed E-state index contributed by atoms with van der Waals surface area (Å²) in [5.74, 6) is 0.390. The highest BCUT2D eigenvalue weighted by atomic mass is 35.5. The predicted octanol–water partition coefficient (Wildman–Crippen LogP) is 4.19. The number of benzene rings is 1. The van der Waals surface area contributed by atoms with Crippen molar-refractivity contribution in [2.45, 2.75) is 64.5 Å². The monoisotopic (exact) mass is 330 g/mol. The zero-order valence-corrected chi connectivity index (χ0v) is 15.0. The molecule has 1 aromatic carbocycles. The summed E-state index contributed by atoms with van der Waals surface area (Å²) in [6.07, 6.45) is 5.92. The lowest BCUT2D eigenvalue weighted by atomic mass is 9.93. The van der Waals surface area contributed by atoms with Crippen molar-refractivity contribution in [3.63, 3.8) is 0 Å². The maximum Gasteiger partial charge on any atom is 0.143 e. The van der Waals surface area contributed by atoms with Crippen LogP contribution >= 0.6 is 11.6 Å². The van der Waals surface area contributed by atoms with Gasteiger partial charge in [-0.2, -0.15) is 0 Å². The first kappa shape index (κ1) is 18.5. The van der Waals surface area contributed by atoms with Gasteiger partial charge in [-0.05, 0) is 61.8 Å². The van der Waals surface area contributed by atoms with E-state index in [1.165, 1.54) is 41.5 Å². The summed E-state index contributed by atoms with van der Waals surface area (Å²) >= 11 is 5.71. The fourth-order valence-electron chi connectivity index (χ4n) is 2.77. The Labute approximate surface area is 135 Å². The molecule has 120 valence electrons. The van der Waals surface area contributed by atoms with E-state index in [2.05, 4.69) is 32.9 Å². The third-order valence-corrected chi connectivity index (χ3v) is 5.26. The van der Waals surface area contributed by atoms with Gasteiger partial charge in [-0.25, -0.2) is 8.42 Å². The van der Waals surface area contributed by atoms with Crippen molar-refractivity contribution in [2.24, 2.45) is 0 Å². The highest BCUT2D eigenvalue weighted by Gasteiger charge is 2.15. The molecule has 0 aromatic heterocycles. The van der Waals surface area contributed by atoms with Crippen LogP contribution in [0.3, 0.4) is 0 Å². The highest BCUT2D eigenvalue weighted by Crippen LogP contribution is 2.21. The summed E-state index contributed by atoms with van der Waals surface area (Å²) in [5.41, 5.74) is 4.95. The van der Waals surface area contributed by atoms with E-state index in [0.717, 1.165) is 6.42 Å². The van der Waals surface area contributed by atoms with E-state index in [4.69, 9.17) is 11.6 Å². The Morgan fingerprint density at radius 2 is 1.76 bits per heavy atom. The van der Waals surface area contributed by atoms with Crippen molar-refractivity contribution in [3.8, 4) is 0 Å². The molecule has 21 heavy (non-hydrogen) atoms. The number of alkyl halides is 1. The molecule has 0 fully saturated rings. The second-order valence-electron chi connectivity index (χ2n) is 5.79. The molecule has 0 saturated heterocycles. The Morgan fingerprint density at radius 3 is 2.24 bits per heavy atom. The van der Waals surface area contributed by atoms with Crippen molar-refractivity contribution in [2.75, 3.05) is 5.88 Å². The molecule has 1 unspecified atom stereocenters. The summed E-state index contributed by atoms with van der Waals surface area (Å²) in [5, 5.41) is -0.346. The quantitative estimate of drug-likeness (QED) is 0.418. The third-order valence-electron chi connectivity index (χ3n) is 4.01. The molecule has 1 aromatic rings. The Balaban J connectivity index is 2.88. The number of hydrogen-bond donors (Lipinski definition) is 1. The van der Waals surface area contributed by atoms with Gasteiger partial charge in [0, 0.05) is 5.88 Å². The molecule has 0 aliphatic heterocycles. The summed E-state index contributed by atoms with van der Waals surface area (Å²) in [4.78, 5) is 0. The van der Waals surface area contributed by atoms with Crippen LogP contribution in [0.5, 0.6) is 0 Å². The van der Waals surface area contributed by atoms with Gasteiger partial charge in [0.05, 0.1) is 5.25 Å². The number of hydrogen-bond acceptors (Lipinski definition) is 2. The summed E-state index contributed by atoms with van der Waals surface area (Å²) in [6.45, 7) is 6.38. The summed E-state index contributed by atoms with van der Waals surface area (Å²) in [7, 11) is -2.42. The van der Waals surface area contributed by atoms with Crippen LogP contribution in [0.15, 0.2) is 12.1 Å². The van der Waals surface area contributed by atoms with Crippen molar-refractivity contribution in [1.29, 1.82) is 0 Å². The molecule has 0 bridgehead atoms. The largest absolute Gasteiger partial charge is 0.232 e. The minimum atomic E-state index is -2.42. The Kier molecular flexibility index (Phi) is 8.35. The van der Waals surface area contributed by atoms with Gasteiger partial charge in [-0.3, -0.25) is 0 Å². The van der Waals surface area contributed by atoms with Gasteiger partial charge in [0.1, 0.15) is 10.7 Å². The second kappa shape index (κ2) is 9.47. The van der Waals surface area contributed by atoms with Crippen molar-refractivity contribution in [1.82, 2.24) is 0 Å². The van der Waals surface area contributed by atoms with E-state index in [0.29, 0.717) is 18.7 Å². The number of thiol groups is 1. The van der Waals surface area contributed by atoms with E-state index in [-0.39, 0.29) is 5.25 Å². The minimum Gasteiger partial charge on any atom is -0.232 e. The molecular weight excluding hydrogens is 304 g/mol. The van der Waals surface area contributed by atoms with Crippen LogP contribution in [0, 0.1) is 13.8 Å². The number of aryl methyl sites for hydroxylation is 3. The van der Waals surface area contributed by atoms with Crippen molar-refractivity contribution >= 4 is 22.3 Å². The topological polar surface area (TPSA) is 34.1 Å². The Morgan fingerprint density at radius 1 is 1.14 bits per heavy atom. The normalized spacial score (nSPS) is 12.8. The molecule has 2 nitrogen and oxygen atoms in total. The first-order valence-electron chi connectivity index (χ1n) is 7.78. The molecule has 0 amide bonds. The number of rotatable bonds is 9. The lowest BCUT2D eigenvalue weighted by molar-refractivity contribution is 0.594. The average Bonchev–Trinajstić information content (AvgIpc) is 2.41. The second-order valence-corrected chi connectivity index (χ2v) is 7.47. The number of halogens is 1. The molecule has 1 rings (SSSR count). The fraction of sp³-hybridized carbons (Fsp3) is 0.647. The van der Waals surface area contributed by atoms with Crippen LogP contribution in [-0.2, 0) is 23.5 Å². The Hall–Kier alpha value is -0.540. The van der Waals surface area contributed by atoms with Gasteiger partial charge >= 0.3 is 0 Å². The van der Waals surface area contributed by atoms with E-state index in [9.17, 15) is 8.42 Å². The maximum absolute atomic E-state index is 11.3. The zero-order chi connectivity index (χ0) is 15.8. The summed E-state index contributed by atoms with van der Waals surface area (Å²) in [6, 6.07) is 4.43. The van der Waals surface area contributed by atoms with Crippen LogP contribution in [0.25, 0.3) is 0 Å². The maximum atomic E-state index is 11.3. The molecule has 0 heterocycles. The molecule has 0 saturated carbocycles. The molecule has 0 aliphatic carbocycles. The average molecular weight is 331 g/mol. The van der Waals surface area contributed by atoms with E-state index in [1.807, 2.05) is 0 Å². The molecule has 0 radical (unpaired) electrons. The highest BCUT2D eigenvalue weighted by molar-refractivity contribution is 7.73. The summed E-state index contributed by atoms with van der Waals surface area (Å²) < 4.78 is 22.7. The molecule has 0 N–H and O–H groups in total. The van der Waals surface area contributed by atoms with Crippen molar-refractivity contribution in [3.05, 3.63) is 34.4 Å². The molecular formula is C17H27ClO2S. The van der Waals surface area contributed by atoms with Gasteiger partial charge in [-0.1, -0.05) is 31.9 Å². The number of unbranched alkanes of at least 4 members (excludes halogenated alkanes) is 2. The van der Waals surface area contributed by atoms with Gasteiger partial charge in [0.15, 0.2) is 0 Å². The Bertz CT molecular complexity index is 493. The minimum absolute atomic E-state index is 0.346. The molecule has 0 aliphatic rings. The van der Waals surface area contributed by atoms with Crippen molar-refractivity contribution < 1.29 is 8.42 Å².